The quantitative estimate of drug-likeness (QED) is 0.294. The number of hydrogen-bond acceptors (Lipinski definition) is 0. The maximum atomic E-state index is 2.50. The highest BCUT2D eigenvalue weighted by Crippen LogP contribution is 2.44. The van der Waals surface area contributed by atoms with E-state index in [1.807, 2.05) is 0 Å². The molecule has 0 aliphatic carbocycles. The van der Waals surface area contributed by atoms with Crippen molar-refractivity contribution in [2.45, 2.75) is 118 Å². The topological polar surface area (TPSA) is 0 Å². The molecule has 0 saturated heterocycles. The predicted molar refractivity (Wildman–Crippen MR) is 145 cm³/mol. The van der Waals surface area contributed by atoms with Gasteiger partial charge >= 0.3 is 0 Å². The second-order valence-electron chi connectivity index (χ2n) is 11.5. The highest BCUT2D eigenvalue weighted by atomic mass is 14.3. The summed E-state index contributed by atoms with van der Waals surface area (Å²) in [5.41, 5.74) is 6.44. The Labute approximate surface area is 200 Å². The van der Waals surface area contributed by atoms with Gasteiger partial charge in [-0.15, -0.1) is 0 Å². The Kier molecular flexibility index (Phi) is 10.1. The summed E-state index contributed by atoms with van der Waals surface area (Å²) in [7, 11) is 0. The Bertz CT molecular complexity index is 745. The third kappa shape index (κ3) is 6.72. The molecular weight excluding hydrogens is 384 g/mol. The van der Waals surface area contributed by atoms with Crippen LogP contribution in [0.2, 0.25) is 0 Å². The van der Waals surface area contributed by atoms with E-state index in [0.717, 1.165) is 11.8 Å². The largest absolute Gasteiger partial charge is 0.0645 e. The van der Waals surface area contributed by atoms with Gasteiger partial charge in [0, 0.05) is 0 Å². The molecule has 178 valence electrons. The standard InChI is InChI=1S/C32H50/c1-9-31(7,23-15-17-25(3)4)29-21-13-11-19-27(29)28-20-12-14-22-30(28)32(8,10-2)24-16-18-26(5)6/h11-14,19-22,25-26H,9-10,15-18,23-24H2,1-8H3. The maximum Gasteiger partial charge on any atom is -0.00717 e. The number of hydrogen-bond donors (Lipinski definition) is 0. The Balaban J connectivity index is 2.49. The van der Waals surface area contributed by atoms with Gasteiger partial charge in [-0.05, 0) is 70.6 Å². The Morgan fingerprint density at radius 2 is 0.938 bits per heavy atom. The summed E-state index contributed by atoms with van der Waals surface area (Å²) in [6, 6.07) is 18.6. The average molecular weight is 435 g/mol. The van der Waals surface area contributed by atoms with Gasteiger partial charge < -0.3 is 0 Å². The minimum Gasteiger partial charge on any atom is -0.0645 e. The van der Waals surface area contributed by atoms with Crippen molar-refractivity contribution in [3.05, 3.63) is 59.7 Å². The monoisotopic (exact) mass is 434 g/mol. The second kappa shape index (κ2) is 12.1. The number of rotatable bonds is 13. The van der Waals surface area contributed by atoms with Gasteiger partial charge in [0.05, 0.1) is 0 Å². The molecule has 0 fully saturated rings. The smallest absolute Gasteiger partial charge is 0.00717 e. The lowest BCUT2D eigenvalue weighted by Crippen LogP contribution is -2.24. The fraction of sp³-hybridized carbons (Fsp3) is 0.625. The molecule has 0 heterocycles. The summed E-state index contributed by atoms with van der Waals surface area (Å²) in [5, 5.41) is 0. The first-order valence-corrected chi connectivity index (χ1v) is 13.4. The molecule has 0 aliphatic rings. The summed E-state index contributed by atoms with van der Waals surface area (Å²) >= 11 is 0. The first-order chi connectivity index (χ1) is 15.2. The van der Waals surface area contributed by atoms with E-state index in [9.17, 15) is 0 Å². The summed E-state index contributed by atoms with van der Waals surface area (Å²) in [5.74, 6) is 1.56. The molecule has 0 bridgehead atoms. The first kappa shape index (κ1) is 26.7. The van der Waals surface area contributed by atoms with Crippen LogP contribution in [0.1, 0.15) is 118 Å². The Hall–Kier alpha value is -1.56. The minimum absolute atomic E-state index is 0.221. The van der Waals surface area contributed by atoms with Crippen molar-refractivity contribution in [1.29, 1.82) is 0 Å². The zero-order valence-electron chi connectivity index (χ0n) is 22.4. The van der Waals surface area contributed by atoms with Crippen LogP contribution in [-0.2, 0) is 10.8 Å². The molecule has 2 atom stereocenters. The zero-order chi connectivity index (χ0) is 23.8. The fourth-order valence-electron chi connectivity index (χ4n) is 5.29. The molecule has 0 heteroatoms. The lowest BCUT2D eigenvalue weighted by molar-refractivity contribution is 0.380. The summed E-state index contributed by atoms with van der Waals surface area (Å²) < 4.78 is 0. The van der Waals surface area contributed by atoms with E-state index in [2.05, 4.69) is 104 Å². The Morgan fingerprint density at radius 1 is 0.594 bits per heavy atom. The van der Waals surface area contributed by atoms with E-state index in [1.54, 1.807) is 11.1 Å². The van der Waals surface area contributed by atoms with Crippen molar-refractivity contribution in [2.75, 3.05) is 0 Å². The van der Waals surface area contributed by atoms with Crippen molar-refractivity contribution < 1.29 is 0 Å². The molecule has 0 N–H and O–H groups in total. The predicted octanol–water partition coefficient (Wildman–Crippen LogP) is 10.3. The normalized spacial score (nSPS) is 15.7. The van der Waals surface area contributed by atoms with E-state index in [4.69, 9.17) is 0 Å². The molecule has 2 aromatic carbocycles. The summed E-state index contributed by atoms with van der Waals surface area (Å²) in [6.07, 6.45) is 10.1. The molecule has 0 aliphatic heterocycles. The third-order valence-electron chi connectivity index (χ3n) is 8.03. The van der Waals surface area contributed by atoms with Crippen LogP contribution in [0.5, 0.6) is 0 Å². The molecule has 32 heavy (non-hydrogen) atoms. The van der Waals surface area contributed by atoms with Crippen molar-refractivity contribution in [1.82, 2.24) is 0 Å². The van der Waals surface area contributed by atoms with Crippen molar-refractivity contribution in [2.24, 2.45) is 11.8 Å². The Morgan fingerprint density at radius 3 is 1.25 bits per heavy atom. The van der Waals surface area contributed by atoms with Crippen LogP contribution >= 0.6 is 0 Å². The lowest BCUT2D eigenvalue weighted by atomic mass is 9.69. The summed E-state index contributed by atoms with van der Waals surface area (Å²) in [6.45, 7) is 19.1. The molecule has 0 aromatic heterocycles. The number of benzene rings is 2. The fourth-order valence-corrected chi connectivity index (χ4v) is 5.29. The van der Waals surface area contributed by atoms with Crippen LogP contribution in [0.15, 0.2) is 48.5 Å². The van der Waals surface area contributed by atoms with Crippen LogP contribution in [0.4, 0.5) is 0 Å². The third-order valence-corrected chi connectivity index (χ3v) is 8.03. The van der Waals surface area contributed by atoms with Gasteiger partial charge in [0.15, 0.2) is 0 Å². The van der Waals surface area contributed by atoms with Crippen LogP contribution in [0, 0.1) is 11.8 Å². The van der Waals surface area contributed by atoms with Crippen molar-refractivity contribution >= 4 is 0 Å². The van der Waals surface area contributed by atoms with Crippen LogP contribution < -0.4 is 0 Å². The van der Waals surface area contributed by atoms with Crippen molar-refractivity contribution in [3.63, 3.8) is 0 Å². The SMILES string of the molecule is CCC(C)(CCCC(C)C)c1ccccc1-c1ccccc1C(C)(CC)CCCC(C)C. The van der Waals surface area contributed by atoms with Gasteiger partial charge in [-0.1, -0.05) is 130 Å². The van der Waals surface area contributed by atoms with E-state index in [0.29, 0.717) is 0 Å². The highest BCUT2D eigenvalue weighted by molar-refractivity contribution is 5.73. The second-order valence-corrected chi connectivity index (χ2v) is 11.5. The maximum absolute atomic E-state index is 2.50. The zero-order valence-corrected chi connectivity index (χ0v) is 22.4. The first-order valence-electron chi connectivity index (χ1n) is 13.4. The molecular formula is C32H50. The van der Waals surface area contributed by atoms with Crippen LogP contribution in [-0.4, -0.2) is 0 Å². The van der Waals surface area contributed by atoms with E-state index in [-0.39, 0.29) is 10.8 Å². The van der Waals surface area contributed by atoms with E-state index < -0.39 is 0 Å². The molecule has 2 rings (SSSR count). The van der Waals surface area contributed by atoms with Crippen molar-refractivity contribution in [3.8, 4) is 11.1 Å². The van der Waals surface area contributed by atoms with Crippen LogP contribution in [0.3, 0.4) is 0 Å². The van der Waals surface area contributed by atoms with E-state index >= 15 is 0 Å². The average Bonchev–Trinajstić information content (AvgIpc) is 2.78. The highest BCUT2D eigenvalue weighted by Gasteiger charge is 2.31. The van der Waals surface area contributed by atoms with Gasteiger partial charge in [0.1, 0.15) is 0 Å². The molecule has 0 nitrogen and oxygen atoms in total. The molecule has 0 radical (unpaired) electrons. The molecule has 0 spiro atoms. The minimum atomic E-state index is 0.221. The lowest BCUT2D eigenvalue weighted by Gasteiger charge is -2.35. The van der Waals surface area contributed by atoms with E-state index in [1.165, 1.54) is 62.5 Å². The molecule has 2 unspecified atom stereocenters. The van der Waals surface area contributed by atoms with Crippen LogP contribution in [0.25, 0.3) is 11.1 Å². The van der Waals surface area contributed by atoms with Gasteiger partial charge in [-0.3, -0.25) is 0 Å². The van der Waals surface area contributed by atoms with Gasteiger partial charge in [0.2, 0.25) is 0 Å². The molecule has 0 amide bonds. The molecule has 0 saturated carbocycles. The van der Waals surface area contributed by atoms with Gasteiger partial charge in [0.25, 0.3) is 0 Å². The van der Waals surface area contributed by atoms with Gasteiger partial charge in [-0.25, -0.2) is 0 Å². The molecule has 2 aromatic rings. The summed E-state index contributed by atoms with van der Waals surface area (Å²) in [4.78, 5) is 0. The van der Waals surface area contributed by atoms with Gasteiger partial charge in [-0.2, -0.15) is 0 Å².